The number of aromatic nitrogens is 1. The molecule has 0 fully saturated rings. The van der Waals surface area contributed by atoms with Gasteiger partial charge < -0.3 is 15.8 Å². The number of amides is 1. The highest BCUT2D eigenvalue weighted by Gasteiger charge is 2.13. The molecule has 1 atom stereocenters. The van der Waals surface area contributed by atoms with Gasteiger partial charge in [0.25, 0.3) is 0 Å². The van der Waals surface area contributed by atoms with E-state index in [2.05, 4.69) is 10.3 Å². The van der Waals surface area contributed by atoms with Gasteiger partial charge in [0.15, 0.2) is 0 Å². The number of hydrogen-bond donors (Lipinski definition) is 2. The van der Waals surface area contributed by atoms with Crippen LogP contribution in [0.3, 0.4) is 0 Å². The standard InChI is InChI=1S/C14H23N3O2/c1-10(2)19-14-12(5-4-8-16-14)9-17-13(18)11(3)6-7-15/h4-5,8,10-11H,6-7,9,15H2,1-3H3,(H,17,18). The van der Waals surface area contributed by atoms with Gasteiger partial charge in [-0.2, -0.15) is 0 Å². The van der Waals surface area contributed by atoms with E-state index in [0.29, 0.717) is 25.4 Å². The Labute approximate surface area is 114 Å². The molecule has 1 heterocycles. The molecule has 5 heteroatoms. The molecule has 1 amide bonds. The van der Waals surface area contributed by atoms with Crippen molar-refractivity contribution in [2.45, 2.75) is 39.8 Å². The minimum atomic E-state index is -0.0730. The topological polar surface area (TPSA) is 77.2 Å². The first kappa shape index (κ1) is 15.4. The zero-order chi connectivity index (χ0) is 14.3. The second kappa shape index (κ2) is 7.74. The van der Waals surface area contributed by atoms with E-state index in [1.54, 1.807) is 6.20 Å². The molecule has 1 unspecified atom stereocenters. The normalized spacial score (nSPS) is 12.3. The largest absolute Gasteiger partial charge is 0.475 e. The van der Waals surface area contributed by atoms with Crippen LogP contribution in [0.1, 0.15) is 32.8 Å². The maximum absolute atomic E-state index is 11.8. The lowest BCUT2D eigenvalue weighted by atomic mass is 10.1. The van der Waals surface area contributed by atoms with Gasteiger partial charge in [0.2, 0.25) is 11.8 Å². The first-order valence-electron chi connectivity index (χ1n) is 6.63. The second-order valence-corrected chi connectivity index (χ2v) is 4.83. The summed E-state index contributed by atoms with van der Waals surface area (Å²) >= 11 is 0. The lowest BCUT2D eigenvalue weighted by Gasteiger charge is -2.14. The molecular formula is C14H23N3O2. The molecule has 0 aliphatic heterocycles. The Kier molecular flexibility index (Phi) is 6.29. The molecule has 19 heavy (non-hydrogen) atoms. The van der Waals surface area contributed by atoms with Crippen molar-refractivity contribution in [2.75, 3.05) is 6.54 Å². The van der Waals surface area contributed by atoms with Crippen molar-refractivity contribution < 1.29 is 9.53 Å². The van der Waals surface area contributed by atoms with Crippen LogP contribution in [0, 0.1) is 5.92 Å². The predicted octanol–water partition coefficient (Wildman–Crippen LogP) is 1.47. The van der Waals surface area contributed by atoms with Crippen LogP contribution in [-0.2, 0) is 11.3 Å². The summed E-state index contributed by atoms with van der Waals surface area (Å²) < 4.78 is 5.60. The van der Waals surface area contributed by atoms with Gasteiger partial charge in [-0.15, -0.1) is 0 Å². The highest BCUT2D eigenvalue weighted by atomic mass is 16.5. The maximum Gasteiger partial charge on any atom is 0.223 e. The smallest absolute Gasteiger partial charge is 0.223 e. The number of nitrogens with two attached hydrogens (primary N) is 1. The van der Waals surface area contributed by atoms with Crippen LogP contribution in [-0.4, -0.2) is 23.5 Å². The summed E-state index contributed by atoms with van der Waals surface area (Å²) in [4.78, 5) is 16.0. The molecule has 5 nitrogen and oxygen atoms in total. The van der Waals surface area contributed by atoms with Crippen molar-refractivity contribution >= 4 is 5.91 Å². The first-order chi connectivity index (χ1) is 9.04. The van der Waals surface area contributed by atoms with Gasteiger partial charge in [-0.25, -0.2) is 4.98 Å². The SMILES string of the molecule is CC(C)Oc1ncccc1CNC(=O)C(C)CCN. The third-order valence-corrected chi connectivity index (χ3v) is 2.70. The van der Waals surface area contributed by atoms with E-state index in [-0.39, 0.29) is 17.9 Å². The Balaban J connectivity index is 2.59. The number of pyridine rings is 1. The Morgan fingerprint density at radius 3 is 2.84 bits per heavy atom. The average molecular weight is 265 g/mol. The third-order valence-electron chi connectivity index (χ3n) is 2.70. The third kappa shape index (κ3) is 5.26. The van der Waals surface area contributed by atoms with Gasteiger partial charge in [0, 0.05) is 24.2 Å². The number of carbonyl (C=O) groups excluding carboxylic acids is 1. The predicted molar refractivity (Wildman–Crippen MR) is 74.7 cm³/mol. The summed E-state index contributed by atoms with van der Waals surface area (Å²) in [6.45, 7) is 6.70. The Hall–Kier alpha value is -1.62. The van der Waals surface area contributed by atoms with Gasteiger partial charge in [0.1, 0.15) is 0 Å². The molecule has 1 aromatic heterocycles. The first-order valence-corrected chi connectivity index (χ1v) is 6.63. The minimum Gasteiger partial charge on any atom is -0.475 e. The number of hydrogen-bond acceptors (Lipinski definition) is 4. The Morgan fingerprint density at radius 2 is 2.21 bits per heavy atom. The molecule has 0 bridgehead atoms. The van der Waals surface area contributed by atoms with Crippen molar-refractivity contribution in [3.8, 4) is 5.88 Å². The molecule has 1 aromatic rings. The van der Waals surface area contributed by atoms with Crippen molar-refractivity contribution in [1.82, 2.24) is 10.3 Å². The van der Waals surface area contributed by atoms with Crippen molar-refractivity contribution in [3.63, 3.8) is 0 Å². The highest BCUT2D eigenvalue weighted by Crippen LogP contribution is 2.15. The van der Waals surface area contributed by atoms with Crippen LogP contribution in [0.4, 0.5) is 0 Å². The fraction of sp³-hybridized carbons (Fsp3) is 0.571. The second-order valence-electron chi connectivity index (χ2n) is 4.83. The van der Waals surface area contributed by atoms with Gasteiger partial charge in [-0.1, -0.05) is 13.0 Å². The zero-order valence-electron chi connectivity index (χ0n) is 11.8. The molecule has 0 aliphatic rings. The van der Waals surface area contributed by atoms with Crippen LogP contribution in [0.15, 0.2) is 18.3 Å². The fourth-order valence-electron chi connectivity index (χ4n) is 1.63. The quantitative estimate of drug-likeness (QED) is 0.782. The van der Waals surface area contributed by atoms with E-state index in [9.17, 15) is 4.79 Å². The summed E-state index contributed by atoms with van der Waals surface area (Å²) in [5.41, 5.74) is 6.32. The van der Waals surface area contributed by atoms with Crippen LogP contribution in [0.25, 0.3) is 0 Å². The van der Waals surface area contributed by atoms with Gasteiger partial charge in [0.05, 0.1) is 6.10 Å². The van der Waals surface area contributed by atoms with Crippen molar-refractivity contribution in [3.05, 3.63) is 23.9 Å². The van der Waals surface area contributed by atoms with E-state index in [1.165, 1.54) is 0 Å². The van der Waals surface area contributed by atoms with Gasteiger partial charge >= 0.3 is 0 Å². The van der Waals surface area contributed by atoms with Crippen LogP contribution in [0.2, 0.25) is 0 Å². The van der Waals surface area contributed by atoms with E-state index in [4.69, 9.17) is 10.5 Å². The number of nitrogens with one attached hydrogen (secondary N) is 1. The molecule has 0 aromatic carbocycles. The van der Waals surface area contributed by atoms with Gasteiger partial charge in [-0.05, 0) is 32.9 Å². The summed E-state index contributed by atoms with van der Waals surface area (Å²) in [6, 6.07) is 3.73. The number of carbonyl (C=O) groups is 1. The van der Waals surface area contributed by atoms with Crippen molar-refractivity contribution in [2.24, 2.45) is 11.7 Å². The summed E-state index contributed by atoms with van der Waals surface area (Å²) in [6.07, 6.45) is 2.43. The zero-order valence-corrected chi connectivity index (χ0v) is 11.8. The molecule has 0 spiro atoms. The lowest BCUT2D eigenvalue weighted by Crippen LogP contribution is -2.30. The van der Waals surface area contributed by atoms with E-state index >= 15 is 0 Å². The molecule has 0 aliphatic carbocycles. The molecule has 1 rings (SSSR count). The van der Waals surface area contributed by atoms with E-state index in [1.807, 2.05) is 32.9 Å². The van der Waals surface area contributed by atoms with E-state index in [0.717, 1.165) is 5.56 Å². The van der Waals surface area contributed by atoms with E-state index < -0.39 is 0 Å². The Bertz CT molecular complexity index is 407. The molecule has 3 N–H and O–H groups in total. The summed E-state index contributed by atoms with van der Waals surface area (Å²) in [5.74, 6) is 0.505. The van der Waals surface area contributed by atoms with Crippen molar-refractivity contribution in [1.29, 1.82) is 0 Å². The average Bonchev–Trinajstić information content (AvgIpc) is 2.37. The van der Waals surface area contributed by atoms with Crippen LogP contribution < -0.4 is 15.8 Å². The highest BCUT2D eigenvalue weighted by molar-refractivity contribution is 5.78. The number of rotatable bonds is 7. The lowest BCUT2D eigenvalue weighted by molar-refractivity contribution is -0.124. The molecule has 106 valence electrons. The summed E-state index contributed by atoms with van der Waals surface area (Å²) in [5, 5.41) is 2.88. The minimum absolute atomic E-state index is 0.00444. The van der Waals surface area contributed by atoms with Crippen LogP contribution in [0.5, 0.6) is 5.88 Å². The van der Waals surface area contributed by atoms with Gasteiger partial charge in [-0.3, -0.25) is 4.79 Å². The molecule has 0 saturated carbocycles. The monoisotopic (exact) mass is 265 g/mol. The molecular weight excluding hydrogens is 242 g/mol. The Morgan fingerprint density at radius 1 is 1.47 bits per heavy atom. The maximum atomic E-state index is 11.8. The molecule has 0 radical (unpaired) electrons. The fourth-order valence-corrected chi connectivity index (χ4v) is 1.63. The molecule has 0 saturated heterocycles. The summed E-state index contributed by atoms with van der Waals surface area (Å²) in [7, 11) is 0. The van der Waals surface area contributed by atoms with Crippen LogP contribution >= 0.6 is 0 Å². The number of ether oxygens (including phenoxy) is 1. The number of nitrogens with zero attached hydrogens (tertiary/aromatic N) is 1.